The zero-order chi connectivity index (χ0) is 10.6. The van der Waals surface area contributed by atoms with Crippen molar-refractivity contribution in [3.05, 3.63) is 10.2 Å². The molecule has 0 unspecified atom stereocenters. The number of aromatic nitrogens is 2. The minimum atomic E-state index is 0.749. The van der Waals surface area contributed by atoms with Gasteiger partial charge in [0.15, 0.2) is 0 Å². The van der Waals surface area contributed by atoms with Gasteiger partial charge in [-0.2, -0.15) is 5.10 Å². The third-order valence-electron chi connectivity index (χ3n) is 2.31. The summed E-state index contributed by atoms with van der Waals surface area (Å²) in [5.74, 6) is 0.749. The number of halogens is 1. The molecule has 1 heterocycles. The maximum absolute atomic E-state index is 5.87. The molecule has 0 saturated heterocycles. The predicted octanol–water partition coefficient (Wildman–Crippen LogP) is 3.12. The Morgan fingerprint density at radius 1 is 1.36 bits per heavy atom. The highest BCUT2D eigenvalue weighted by molar-refractivity contribution is 9.10. The first kappa shape index (κ1) is 11.6. The van der Waals surface area contributed by atoms with E-state index in [1.807, 2.05) is 11.6 Å². The van der Waals surface area contributed by atoms with Crippen LogP contribution in [0.2, 0.25) is 0 Å². The smallest absolute Gasteiger partial charge is 0.136 e. The molecule has 0 amide bonds. The number of aryl methyl sites for hydroxylation is 2. The lowest BCUT2D eigenvalue weighted by atomic mass is 10.2. The summed E-state index contributed by atoms with van der Waals surface area (Å²) >= 11 is 3.41. The number of unbranched alkanes of at least 4 members (excludes halogenated alkanes) is 3. The fourth-order valence-electron chi connectivity index (χ4n) is 1.44. The minimum absolute atomic E-state index is 0.749. The Morgan fingerprint density at radius 3 is 2.57 bits per heavy atom. The van der Waals surface area contributed by atoms with E-state index >= 15 is 0 Å². The predicted molar refractivity (Wildman–Crippen MR) is 63.2 cm³/mol. The average Bonchev–Trinajstić information content (AvgIpc) is 2.41. The van der Waals surface area contributed by atoms with Crippen LogP contribution in [0.1, 0.15) is 38.3 Å². The van der Waals surface area contributed by atoms with E-state index < -0.39 is 0 Å². The topological polar surface area (TPSA) is 43.8 Å². The van der Waals surface area contributed by atoms with Crippen LogP contribution in [-0.2, 0) is 6.54 Å². The molecule has 0 aliphatic heterocycles. The Balaban J connectivity index is 2.47. The Kier molecular flexibility index (Phi) is 4.45. The van der Waals surface area contributed by atoms with E-state index in [9.17, 15) is 0 Å². The first-order valence-corrected chi connectivity index (χ1v) is 5.94. The monoisotopic (exact) mass is 259 g/mol. The first-order valence-electron chi connectivity index (χ1n) is 5.15. The van der Waals surface area contributed by atoms with Gasteiger partial charge in [-0.1, -0.05) is 26.2 Å². The Labute approximate surface area is 93.8 Å². The SMILES string of the molecule is CCCCCCn1nc(C)c(Br)c1N. The van der Waals surface area contributed by atoms with Crippen molar-refractivity contribution < 1.29 is 0 Å². The van der Waals surface area contributed by atoms with Crippen molar-refractivity contribution in [1.82, 2.24) is 9.78 Å². The van der Waals surface area contributed by atoms with Gasteiger partial charge in [-0.05, 0) is 29.3 Å². The molecule has 0 atom stereocenters. The number of nitrogens with zero attached hydrogens (tertiary/aromatic N) is 2. The maximum atomic E-state index is 5.87. The molecule has 0 spiro atoms. The van der Waals surface area contributed by atoms with Crippen LogP contribution in [-0.4, -0.2) is 9.78 Å². The zero-order valence-corrected chi connectivity index (χ0v) is 10.5. The molecule has 0 aromatic carbocycles. The van der Waals surface area contributed by atoms with Crippen molar-refractivity contribution in [2.75, 3.05) is 5.73 Å². The summed E-state index contributed by atoms with van der Waals surface area (Å²) in [5, 5.41) is 4.35. The second-order valence-corrected chi connectivity index (χ2v) is 4.36. The van der Waals surface area contributed by atoms with Gasteiger partial charge >= 0.3 is 0 Å². The summed E-state index contributed by atoms with van der Waals surface area (Å²) in [6, 6.07) is 0. The molecule has 2 N–H and O–H groups in total. The third-order valence-corrected chi connectivity index (χ3v) is 3.29. The molecule has 0 saturated carbocycles. The van der Waals surface area contributed by atoms with Crippen LogP contribution >= 0.6 is 15.9 Å². The van der Waals surface area contributed by atoms with Crippen LogP contribution in [0.25, 0.3) is 0 Å². The van der Waals surface area contributed by atoms with Crippen molar-refractivity contribution in [1.29, 1.82) is 0 Å². The summed E-state index contributed by atoms with van der Waals surface area (Å²) in [5.41, 5.74) is 6.84. The second-order valence-electron chi connectivity index (χ2n) is 3.57. The number of hydrogen-bond donors (Lipinski definition) is 1. The standard InChI is InChI=1S/C10H18BrN3/c1-3-4-5-6-7-14-10(12)9(11)8(2)13-14/h3-7,12H2,1-2H3. The van der Waals surface area contributed by atoms with Gasteiger partial charge < -0.3 is 5.73 Å². The number of nitrogens with two attached hydrogens (primary N) is 1. The molecule has 1 aromatic rings. The Bertz CT molecular complexity index is 294. The van der Waals surface area contributed by atoms with Crippen molar-refractivity contribution in [2.45, 2.75) is 46.1 Å². The molecule has 0 aliphatic carbocycles. The van der Waals surface area contributed by atoms with E-state index in [4.69, 9.17) is 5.73 Å². The molecule has 1 aromatic heterocycles. The summed E-state index contributed by atoms with van der Waals surface area (Å²) in [6.45, 7) is 5.10. The third kappa shape index (κ3) is 2.74. The highest BCUT2D eigenvalue weighted by atomic mass is 79.9. The van der Waals surface area contributed by atoms with E-state index in [1.54, 1.807) is 0 Å². The van der Waals surface area contributed by atoms with Gasteiger partial charge in [0.2, 0.25) is 0 Å². The van der Waals surface area contributed by atoms with Crippen molar-refractivity contribution in [3.63, 3.8) is 0 Å². The molecular formula is C10H18BrN3. The van der Waals surface area contributed by atoms with Gasteiger partial charge in [0.25, 0.3) is 0 Å². The van der Waals surface area contributed by atoms with E-state index in [1.165, 1.54) is 19.3 Å². The Morgan fingerprint density at radius 2 is 2.07 bits per heavy atom. The lowest BCUT2D eigenvalue weighted by molar-refractivity contribution is 0.544. The maximum Gasteiger partial charge on any atom is 0.136 e. The molecule has 0 radical (unpaired) electrons. The van der Waals surface area contributed by atoms with Gasteiger partial charge in [-0.3, -0.25) is 0 Å². The molecular weight excluding hydrogens is 242 g/mol. The molecule has 3 nitrogen and oxygen atoms in total. The fourth-order valence-corrected chi connectivity index (χ4v) is 1.72. The number of anilines is 1. The first-order chi connectivity index (χ1) is 6.66. The highest BCUT2D eigenvalue weighted by Gasteiger charge is 2.08. The van der Waals surface area contributed by atoms with Gasteiger partial charge in [-0.15, -0.1) is 0 Å². The van der Waals surface area contributed by atoms with Crippen LogP contribution in [0.15, 0.2) is 4.47 Å². The second kappa shape index (κ2) is 5.39. The lowest BCUT2D eigenvalue weighted by Crippen LogP contribution is -2.04. The largest absolute Gasteiger partial charge is 0.383 e. The summed E-state index contributed by atoms with van der Waals surface area (Å²) in [7, 11) is 0. The van der Waals surface area contributed by atoms with Crippen molar-refractivity contribution >= 4 is 21.7 Å². The average molecular weight is 260 g/mol. The van der Waals surface area contributed by atoms with Gasteiger partial charge in [0.1, 0.15) is 5.82 Å². The highest BCUT2D eigenvalue weighted by Crippen LogP contribution is 2.23. The van der Waals surface area contributed by atoms with E-state index in [0.717, 1.165) is 29.0 Å². The summed E-state index contributed by atoms with van der Waals surface area (Å²) in [4.78, 5) is 0. The van der Waals surface area contributed by atoms with Crippen LogP contribution in [0.4, 0.5) is 5.82 Å². The van der Waals surface area contributed by atoms with E-state index in [2.05, 4.69) is 28.0 Å². The van der Waals surface area contributed by atoms with Gasteiger partial charge in [0, 0.05) is 6.54 Å². The lowest BCUT2D eigenvalue weighted by Gasteiger charge is -2.03. The molecule has 80 valence electrons. The van der Waals surface area contributed by atoms with Gasteiger partial charge in [-0.25, -0.2) is 4.68 Å². The molecule has 14 heavy (non-hydrogen) atoms. The van der Waals surface area contributed by atoms with Crippen molar-refractivity contribution in [2.24, 2.45) is 0 Å². The van der Waals surface area contributed by atoms with E-state index in [-0.39, 0.29) is 0 Å². The quantitative estimate of drug-likeness (QED) is 0.826. The molecule has 1 rings (SSSR count). The van der Waals surface area contributed by atoms with Crippen molar-refractivity contribution in [3.8, 4) is 0 Å². The number of nitrogen functional groups attached to an aromatic ring is 1. The van der Waals surface area contributed by atoms with E-state index in [0.29, 0.717) is 0 Å². The fraction of sp³-hybridized carbons (Fsp3) is 0.700. The molecule has 4 heteroatoms. The normalized spacial score (nSPS) is 10.8. The summed E-state index contributed by atoms with van der Waals surface area (Å²) in [6.07, 6.45) is 4.97. The number of rotatable bonds is 5. The Hall–Kier alpha value is -0.510. The van der Waals surface area contributed by atoms with Crippen LogP contribution in [0.3, 0.4) is 0 Å². The molecule has 0 fully saturated rings. The molecule has 0 bridgehead atoms. The summed E-state index contributed by atoms with van der Waals surface area (Å²) < 4.78 is 2.82. The van der Waals surface area contributed by atoms with Crippen LogP contribution < -0.4 is 5.73 Å². The van der Waals surface area contributed by atoms with Crippen LogP contribution in [0.5, 0.6) is 0 Å². The van der Waals surface area contributed by atoms with Gasteiger partial charge in [0.05, 0.1) is 10.2 Å². The molecule has 0 aliphatic rings. The van der Waals surface area contributed by atoms with Crippen LogP contribution in [0, 0.1) is 6.92 Å². The number of hydrogen-bond acceptors (Lipinski definition) is 2. The zero-order valence-electron chi connectivity index (χ0n) is 8.89. The minimum Gasteiger partial charge on any atom is -0.383 e.